The van der Waals surface area contributed by atoms with E-state index in [1.165, 1.54) is 0 Å². The lowest BCUT2D eigenvalue weighted by atomic mass is 10.2. The summed E-state index contributed by atoms with van der Waals surface area (Å²) in [6, 6.07) is 0.339. The van der Waals surface area contributed by atoms with E-state index in [1.54, 1.807) is 7.05 Å². The molecule has 17 heavy (non-hydrogen) atoms. The maximum absolute atomic E-state index is 6.00. The minimum Gasteiger partial charge on any atom is -0.372 e. The second-order valence-electron chi connectivity index (χ2n) is 3.97. The molecule has 0 bridgehead atoms. The van der Waals surface area contributed by atoms with Crippen LogP contribution in [0.25, 0.3) is 0 Å². The van der Waals surface area contributed by atoms with Crippen LogP contribution in [0.4, 0.5) is 11.8 Å². The second-order valence-corrected chi connectivity index (χ2v) is 4.71. The third-order valence-electron chi connectivity index (χ3n) is 2.79. The minimum atomic E-state index is 0.284. The van der Waals surface area contributed by atoms with Gasteiger partial charge >= 0.3 is 0 Å². The highest BCUT2D eigenvalue weighted by molar-refractivity contribution is 6.42. The Morgan fingerprint density at radius 3 is 2.82 bits per heavy atom. The molecule has 1 saturated heterocycles. The van der Waals surface area contributed by atoms with Crippen molar-refractivity contribution in [2.24, 2.45) is 0 Å². The number of nitrogens with one attached hydrogen (secondary N) is 2. The molecular formula is C10H15Cl2N5. The van der Waals surface area contributed by atoms with Crippen molar-refractivity contribution in [1.29, 1.82) is 0 Å². The molecule has 1 aliphatic heterocycles. The molecule has 0 aliphatic carbocycles. The molecule has 0 radical (unpaired) electrons. The molecule has 0 aromatic carbocycles. The van der Waals surface area contributed by atoms with Crippen LogP contribution in [-0.2, 0) is 0 Å². The van der Waals surface area contributed by atoms with Crippen molar-refractivity contribution in [3.05, 3.63) is 10.2 Å². The first-order chi connectivity index (χ1) is 8.13. The van der Waals surface area contributed by atoms with Gasteiger partial charge < -0.3 is 15.5 Å². The number of nitrogens with zero attached hydrogens (tertiary/aromatic N) is 3. The highest BCUT2D eigenvalue weighted by atomic mass is 35.5. The number of halogens is 2. The predicted octanol–water partition coefficient (Wildman–Crippen LogP) is 1.62. The zero-order valence-electron chi connectivity index (χ0n) is 9.80. The topological polar surface area (TPSA) is 53.1 Å². The van der Waals surface area contributed by atoms with E-state index in [2.05, 4.69) is 32.4 Å². The standard InChI is InChI=1S/C10H15Cl2N5/c1-6-5-14-3-4-17(6)10-15-8(12)7(11)9(13-2)16-10/h6,14H,3-5H2,1-2H3,(H,13,15,16). The smallest absolute Gasteiger partial charge is 0.229 e. The first-order valence-electron chi connectivity index (χ1n) is 5.51. The summed E-state index contributed by atoms with van der Waals surface area (Å²) in [5.74, 6) is 1.19. The van der Waals surface area contributed by atoms with Crippen LogP contribution < -0.4 is 15.5 Å². The summed E-state index contributed by atoms with van der Waals surface area (Å²) in [5, 5.41) is 6.88. The number of piperazine rings is 1. The Morgan fingerprint density at radius 2 is 2.18 bits per heavy atom. The Balaban J connectivity index is 2.34. The molecule has 2 heterocycles. The Labute approximate surface area is 111 Å². The van der Waals surface area contributed by atoms with E-state index < -0.39 is 0 Å². The molecule has 5 nitrogen and oxygen atoms in total. The van der Waals surface area contributed by atoms with Crippen LogP contribution in [0.3, 0.4) is 0 Å². The van der Waals surface area contributed by atoms with E-state index in [9.17, 15) is 0 Å². The molecule has 94 valence electrons. The van der Waals surface area contributed by atoms with Crippen molar-refractivity contribution in [3.8, 4) is 0 Å². The molecule has 0 spiro atoms. The maximum atomic E-state index is 6.00. The molecule has 1 fully saturated rings. The van der Waals surface area contributed by atoms with Crippen molar-refractivity contribution >= 4 is 35.0 Å². The zero-order valence-corrected chi connectivity index (χ0v) is 11.3. The highest BCUT2D eigenvalue weighted by Gasteiger charge is 2.22. The number of anilines is 2. The van der Waals surface area contributed by atoms with Gasteiger partial charge in [0.1, 0.15) is 5.02 Å². The molecule has 0 amide bonds. The third-order valence-corrected chi connectivity index (χ3v) is 3.52. The van der Waals surface area contributed by atoms with Crippen LogP contribution in [0.1, 0.15) is 6.92 Å². The van der Waals surface area contributed by atoms with Gasteiger partial charge in [0.2, 0.25) is 5.95 Å². The molecule has 0 saturated carbocycles. The molecule has 1 unspecified atom stereocenters. The summed E-state index contributed by atoms with van der Waals surface area (Å²) in [4.78, 5) is 10.7. The normalized spacial score (nSPS) is 20.5. The fourth-order valence-corrected chi connectivity index (χ4v) is 2.19. The van der Waals surface area contributed by atoms with Gasteiger partial charge in [0.25, 0.3) is 0 Å². The van der Waals surface area contributed by atoms with Crippen LogP contribution in [-0.4, -0.2) is 42.7 Å². The van der Waals surface area contributed by atoms with E-state index in [0.717, 1.165) is 19.6 Å². The first-order valence-corrected chi connectivity index (χ1v) is 6.27. The van der Waals surface area contributed by atoms with E-state index in [1.807, 2.05) is 0 Å². The lowest BCUT2D eigenvalue weighted by molar-refractivity contribution is 0.493. The largest absolute Gasteiger partial charge is 0.372 e. The van der Waals surface area contributed by atoms with E-state index in [-0.39, 0.29) is 5.15 Å². The van der Waals surface area contributed by atoms with Gasteiger partial charge in [0.15, 0.2) is 11.0 Å². The summed E-state index contributed by atoms with van der Waals surface area (Å²) < 4.78 is 0. The zero-order chi connectivity index (χ0) is 12.4. The number of hydrogen-bond donors (Lipinski definition) is 2. The molecule has 1 aromatic heterocycles. The fourth-order valence-electron chi connectivity index (χ4n) is 1.84. The van der Waals surface area contributed by atoms with Gasteiger partial charge in [-0.15, -0.1) is 0 Å². The Bertz CT molecular complexity index is 412. The third kappa shape index (κ3) is 2.56. The fraction of sp³-hybridized carbons (Fsp3) is 0.600. The molecule has 1 aromatic rings. The van der Waals surface area contributed by atoms with Gasteiger partial charge in [-0.25, -0.2) is 0 Å². The Kier molecular flexibility index (Phi) is 3.91. The van der Waals surface area contributed by atoms with Crippen LogP contribution in [0.5, 0.6) is 0 Å². The summed E-state index contributed by atoms with van der Waals surface area (Å²) in [5.41, 5.74) is 0. The molecule has 1 aliphatic rings. The van der Waals surface area contributed by atoms with Gasteiger partial charge in [0.05, 0.1) is 0 Å². The summed E-state index contributed by atoms with van der Waals surface area (Å²) in [6.07, 6.45) is 0. The maximum Gasteiger partial charge on any atom is 0.229 e. The van der Waals surface area contributed by atoms with Gasteiger partial charge in [-0.2, -0.15) is 9.97 Å². The average Bonchev–Trinajstić information content (AvgIpc) is 2.33. The average molecular weight is 276 g/mol. The van der Waals surface area contributed by atoms with Crippen molar-refractivity contribution in [3.63, 3.8) is 0 Å². The second kappa shape index (κ2) is 5.25. The monoisotopic (exact) mass is 275 g/mol. The van der Waals surface area contributed by atoms with Gasteiger partial charge in [0, 0.05) is 32.7 Å². The number of hydrogen-bond acceptors (Lipinski definition) is 5. The summed E-state index contributed by atoms with van der Waals surface area (Å²) in [7, 11) is 1.76. The number of rotatable bonds is 2. The predicted molar refractivity (Wildman–Crippen MR) is 71.3 cm³/mol. The minimum absolute atomic E-state index is 0.284. The van der Waals surface area contributed by atoms with Crippen molar-refractivity contribution in [1.82, 2.24) is 15.3 Å². The van der Waals surface area contributed by atoms with Crippen LogP contribution in [0.15, 0.2) is 0 Å². The SMILES string of the molecule is CNc1nc(N2CCNCC2C)nc(Cl)c1Cl. The first kappa shape index (κ1) is 12.7. The lowest BCUT2D eigenvalue weighted by Crippen LogP contribution is -2.50. The Morgan fingerprint density at radius 1 is 1.41 bits per heavy atom. The van der Waals surface area contributed by atoms with Crippen LogP contribution in [0, 0.1) is 0 Å². The van der Waals surface area contributed by atoms with Crippen molar-refractivity contribution in [2.45, 2.75) is 13.0 Å². The summed E-state index contributed by atoms with van der Waals surface area (Å²) >= 11 is 12.0. The van der Waals surface area contributed by atoms with Crippen molar-refractivity contribution < 1.29 is 0 Å². The van der Waals surface area contributed by atoms with Gasteiger partial charge in [-0.3, -0.25) is 0 Å². The molecule has 2 rings (SSSR count). The van der Waals surface area contributed by atoms with Gasteiger partial charge in [-0.05, 0) is 6.92 Å². The highest BCUT2D eigenvalue weighted by Crippen LogP contribution is 2.29. The molecular weight excluding hydrogens is 261 g/mol. The van der Waals surface area contributed by atoms with E-state index in [0.29, 0.717) is 22.8 Å². The summed E-state index contributed by atoms with van der Waals surface area (Å²) in [6.45, 7) is 4.82. The molecule has 1 atom stereocenters. The van der Waals surface area contributed by atoms with E-state index in [4.69, 9.17) is 23.2 Å². The van der Waals surface area contributed by atoms with E-state index >= 15 is 0 Å². The lowest BCUT2D eigenvalue weighted by Gasteiger charge is -2.34. The van der Waals surface area contributed by atoms with Crippen LogP contribution >= 0.6 is 23.2 Å². The van der Waals surface area contributed by atoms with Gasteiger partial charge in [-0.1, -0.05) is 23.2 Å². The quantitative estimate of drug-likeness (QED) is 0.804. The Hall–Kier alpha value is -0.780. The van der Waals surface area contributed by atoms with Crippen LogP contribution in [0.2, 0.25) is 10.2 Å². The number of aromatic nitrogens is 2. The molecule has 2 N–H and O–H groups in total. The van der Waals surface area contributed by atoms with Crippen molar-refractivity contribution in [2.75, 3.05) is 36.9 Å². The molecule has 7 heteroatoms.